The summed E-state index contributed by atoms with van der Waals surface area (Å²) in [6, 6.07) is 11.9. The maximum absolute atomic E-state index is 12.1. The summed E-state index contributed by atoms with van der Waals surface area (Å²) in [7, 11) is 0. The fourth-order valence-electron chi connectivity index (χ4n) is 1.90. The van der Waals surface area contributed by atoms with Gasteiger partial charge in [-0.25, -0.2) is 4.68 Å². The number of amides is 2. The summed E-state index contributed by atoms with van der Waals surface area (Å²) < 4.78 is 1.62. The van der Waals surface area contributed by atoms with Gasteiger partial charge in [-0.05, 0) is 36.4 Å². The molecule has 8 heteroatoms. The number of anilines is 1. The van der Waals surface area contributed by atoms with Gasteiger partial charge in [0.2, 0.25) is 0 Å². The maximum Gasteiger partial charge on any atom is 0.266 e. The largest absolute Gasteiger partial charge is 0.365 e. The van der Waals surface area contributed by atoms with Gasteiger partial charge in [0.1, 0.15) is 0 Å². The Morgan fingerprint density at radius 3 is 2.43 bits per heavy atom. The van der Waals surface area contributed by atoms with Crippen LogP contribution in [0.5, 0.6) is 0 Å². The minimum Gasteiger partial charge on any atom is -0.365 e. The Hall–Kier alpha value is -2.64. The molecule has 2 amide bonds. The van der Waals surface area contributed by atoms with Gasteiger partial charge in [0.05, 0.1) is 15.4 Å². The lowest BCUT2D eigenvalue weighted by Gasteiger charge is -2.01. The van der Waals surface area contributed by atoms with Gasteiger partial charge < -0.3 is 11.1 Å². The molecule has 0 unspecified atom stereocenters. The topological polar surface area (TPSA) is 90.0 Å². The number of carbonyl (C=O) groups is 2. The van der Waals surface area contributed by atoms with Crippen LogP contribution < -0.4 is 11.1 Å². The first-order valence-electron chi connectivity index (χ1n) is 6.55. The summed E-state index contributed by atoms with van der Waals surface area (Å²) >= 11 is 6.88. The lowest BCUT2D eigenvalue weighted by Crippen LogP contribution is -2.11. The number of nitrogens with one attached hydrogen (secondary N) is 1. The Kier molecular flexibility index (Phi) is 4.14. The first-order chi connectivity index (χ1) is 11.0. The molecule has 1 aromatic carbocycles. The SMILES string of the molecule is NC(=O)c1ccc(C(=O)Nc2ccn(-c3ccc(Cl)cc3)n2)s1. The van der Waals surface area contributed by atoms with E-state index < -0.39 is 5.91 Å². The number of aromatic nitrogens is 2. The van der Waals surface area contributed by atoms with E-state index >= 15 is 0 Å². The molecule has 0 spiro atoms. The van der Waals surface area contributed by atoms with E-state index in [-0.39, 0.29) is 5.91 Å². The Balaban J connectivity index is 1.74. The maximum atomic E-state index is 12.1. The van der Waals surface area contributed by atoms with Crippen molar-refractivity contribution in [3.8, 4) is 5.69 Å². The Labute approximate surface area is 140 Å². The van der Waals surface area contributed by atoms with Crippen LogP contribution >= 0.6 is 22.9 Å². The Bertz CT molecular complexity index is 870. The number of carbonyl (C=O) groups excluding carboxylic acids is 2. The van der Waals surface area contributed by atoms with Crippen LogP contribution in [0.2, 0.25) is 5.02 Å². The number of halogens is 1. The first kappa shape index (κ1) is 15.3. The molecule has 116 valence electrons. The van der Waals surface area contributed by atoms with Crippen LogP contribution in [-0.2, 0) is 0 Å². The highest BCUT2D eigenvalue weighted by Gasteiger charge is 2.13. The van der Waals surface area contributed by atoms with Gasteiger partial charge in [0.25, 0.3) is 11.8 Å². The van der Waals surface area contributed by atoms with Gasteiger partial charge in [0.15, 0.2) is 5.82 Å². The fourth-order valence-corrected chi connectivity index (χ4v) is 2.78. The first-order valence-corrected chi connectivity index (χ1v) is 7.75. The van der Waals surface area contributed by atoms with Crippen molar-refractivity contribution in [2.75, 3.05) is 5.32 Å². The van der Waals surface area contributed by atoms with Gasteiger partial charge in [-0.15, -0.1) is 11.3 Å². The summed E-state index contributed by atoms with van der Waals surface area (Å²) in [4.78, 5) is 23.9. The average molecular weight is 347 g/mol. The molecule has 0 aliphatic heterocycles. The van der Waals surface area contributed by atoms with Gasteiger partial charge in [-0.2, -0.15) is 5.10 Å². The minimum absolute atomic E-state index is 0.335. The van der Waals surface area contributed by atoms with Crippen molar-refractivity contribution in [3.05, 3.63) is 63.4 Å². The second kappa shape index (κ2) is 6.23. The molecule has 0 aliphatic rings. The lowest BCUT2D eigenvalue weighted by molar-refractivity contribution is 0.100. The highest BCUT2D eigenvalue weighted by atomic mass is 35.5. The van der Waals surface area contributed by atoms with Gasteiger partial charge in [-0.3, -0.25) is 9.59 Å². The molecule has 2 heterocycles. The molecular formula is C15H11ClN4O2S. The molecule has 3 N–H and O–H groups in total. The summed E-state index contributed by atoms with van der Waals surface area (Å²) in [6.07, 6.45) is 1.72. The monoisotopic (exact) mass is 346 g/mol. The molecule has 2 aromatic heterocycles. The summed E-state index contributed by atoms with van der Waals surface area (Å²) in [5.41, 5.74) is 5.99. The van der Waals surface area contributed by atoms with Crippen LogP contribution in [0.25, 0.3) is 5.69 Å². The number of nitrogens with two attached hydrogens (primary N) is 1. The molecule has 0 bridgehead atoms. The highest BCUT2D eigenvalue weighted by molar-refractivity contribution is 7.16. The van der Waals surface area contributed by atoms with Crippen molar-refractivity contribution in [2.45, 2.75) is 0 Å². The van der Waals surface area contributed by atoms with Gasteiger partial charge in [0, 0.05) is 17.3 Å². The number of thiophene rings is 1. The molecule has 0 radical (unpaired) electrons. The number of benzene rings is 1. The van der Waals surface area contributed by atoms with Crippen LogP contribution in [0.15, 0.2) is 48.7 Å². The minimum atomic E-state index is -0.555. The van der Waals surface area contributed by atoms with Gasteiger partial charge >= 0.3 is 0 Å². The predicted molar refractivity (Wildman–Crippen MR) is 89.4 cm³/mol. The zero-order valence-electron chi connectivity index (χ0n) is 11.7. The summed E-state index contributed by atoms with van der Waals surface area (Å²) in [5, 5.41) is 7.58. The molecular weight excluding hydrogens is 336 g/mol. The summed E-state index contributed by atoms with van der Waals surface area (Å²) in [6.45, 7) is 0. The average Bonchev–Trinajstić information content (AvgIpc) is 3.17. The van der Waals surface area contributed by atoms with E-state index in [1.807, 2.05) is 12.1 Å². The van der Waals surface area contributed by atoms with Crippen LogP contribution in [0.4, 0.5) is 5.82 Å². The van der Waals surface area contributed by atoms with Crippen molar-refractivity contribution in [1.29, 1.82) is 0 Å². The third-order valence-corrected chi connectivity index (χ3v) is 4.35. The number of hydrogen-bond acceptors (Lipinski definition) is 4. The molecule has 3 rings (SSSR count). The highest BCUT2D eigenvalue weighted by Crippen LogP contribution is 2.18. The molecule has 0 saturated carbocycles. The number of primary amides is 1. The number of hydrogen-bond donors (Lipinski definition) is 2. The van der Waals surface area contributed by atoms with Crippen molar-refractivity contribution < 1.29 is 9.59 Å². The predicted octanol–water partition coefficient (Wildman–Crippen LogP) is 2.94. The molecule has 0 saturated heterocycles. The Morgan fingerprint density at radius 1 is 1.09 bits per heavy atom. The second-order valence-electron chi connectivity index (χ2n) is 4.60. The number of rotatable bonds is 4. The van der Waals surface area contributed by atoms with Gasteiger partial charge in [-0.1, -0.05) is 11.6 Å². The van der Waals surface area contributed by atoms with E-state index in [0.29, 0.717) is 20.6 Å². The van der Waals surface area contributed by atoms with Crippen LogP contribution in [0.1, 0.15) is 19.3 Å². The van der Waals surface area contributed by atoms with Crippen molar-refractivity contribution in [2.24, 2.45) is 5.73 Å². The van der Waals surface area contributed by atoms with Crippen LogP contribution in [0.3, 0.4) is 0 Å². The van der Waals surface area contributed by atoms with E-state index in [0.717, 1.165) is 17.0 Å². The Morgan fingerprint density at radius 2 is 1.78 bits per heavy atom. The molecule has 0 aliphatic carbocycles. The number of nitrogens with zero attached hydrogens (tertiary/aromatic N) is 2. The van der Waals surface area contributed by atoms with Crippen molar-refractivity contribution in [3.63, 3.8) is 0 Å². The van der Waals surface area contributed by atoms with Crippen LogP contribution in [0, 0.1) is 0 Å². The van der Waals surface area contributed by atoms with Crippen LogP contribution in [-0.4, -0.2) is 21.6 Å². The smallest absolute Gasteiger partial charge is 0.266 e. The van der Waals surface area contributed by atoms with E-state index in [2.05, 4.69) is 10.4 Å². The van der Waals surface area contributed by atoms with E-state index in [9.17, 15) is 9.59 Å². The molecule has 23 heavy (non-hydrogen) atoms. The molecule has 0 atom stereocenters. The molecule has 0 fully saturated rings. The van der Waals surface area contributed by atoms with Crippen molar-refractivity contribution in [1.82, 2.24) is 9.78 Å². The quantitative estimate of drug-likeness (QED) is 0.761. The molecule has 6 nitrogen and oxygen atoms in total. The van der Waals surface area contributed by atoms with E-state index in [1.165, 1.54) is 6.07 Å². The summed E-state index contributed by atoms with van der Waals surface area (Å²) in [5.74, 6) is -0.496. The third-order valence-electron chi connectivity index (χ3n) is 2.99. The standard InChI is InChI=1S/C15H11ClN4O2S/c16-9-1-3-10(4-2-9)20-8-7-13(19-20)18-15(22)12-6-5-11(23-12)14(17)21/h1-8H,(H2,17,21)(H,18,19,22). The second-order valence-corrected chi connectivity index (χ2v) is 6.12. The van der Waals surface area contributed by atoms with Crippen molar-refractivity contribution >= 4 is 40.6 Å². The lowest BCUT2D eigenvalue weighted by atomic mass is 10.3. The zero-order valence-corrected chi connectivity index (χ0v) is 13.3. The zero-order chi connectivity index (χ0) is 16.4. The normalized spacial score (nSPS) is 10.5. The van der Waals surface area contributed by atoms with E-state index in [1.54, 1.807) is 35.1 Å². The van der Waals surface area contributed by atoms with E-state index in [4.69, 9.17) is 17.3 Å². The molecule has 3 aromatic rings. The fraction of sp³-hybridized carbons (Fsp3) is 0. The third kappa shape index (κ3) is 3.41.